The highest BCUT2D eigenvalue weighted by Crippen LogP contribution is 2.40. The fraction of sp³-hybridized carbons (Fsp3) is 0.520. The van der Waals surface area contributed by atoms with Crippen LogP contribution in [0.3, 0.4) is 0 Å². The van der Waals surface area contributed by atoms with Gasteiger partial charge in [-0.25, -0.2) is 17.6 Å². The normalized spacial score (nSPS) is 19.2. The van der Waals surface area contributed by atoms with Gasteiger partial charge in [-0.3, -0.25) is 0 Å². The highest BCUT2D eigenvalue weighted by Gasteiger charge is 2.34. The fourth-order valence-corrected chi connectivity index (χ4v) is 4.62. The maximum absolute atomic E-state index is 14.8. The number of rotatable bonds is 7. The van der Waals surface area contributed by atoms with E-state index in [1.165, 1.54) is 12.8 Å². The van der Waals surface area contributed by atoms with Crippen LogP contribution < -0.4 is 4.74 Å². The standard InChI is InChI=1S/C25H27F7O/c1-14(2)4-3-5-15-6-8-16(9-7-15)17-10-19(26)23(20(27)11-17)18-12-21(28)24(22(29)13-18)33-25(30,31)32/h10-16H,3-9H2,1-2H3. The third-order valence-corrected chi connectivity index (χ3v) is 6.28. The highest BCUT2D eigenvalue weighted by atomic mass is 19.4. The van der Waals surface area contributed by atoms with Gasteiger partial charge in [0.1, 0.15) is 11.6 Å². The third-order valence-electron chi connectivity index (χ3n) is 6.28. The summed E-state index contributed by atoms with van der Waals surface area (Å²) in [5.41, 5.74) is -0.764. The summed E-state index contributed by atoms with van der Waals surface area (Å²) in [4.78, 5) is 0. The molecule has 33 heavy (non-hydrogen) atoms. The van der Waals surface area contributed by atoms with E-state index in [1.54, 1.807) is 0 Å². The Labute approximate surface area is 188 Å². The van der Waals surface area contributed by atoms with E-state index in [2.05, 4.69) is 18.6 Å². The Bertz CT molecular complexity index is 914. The molecule has 0 bridgehead atoms. The van der Waals surface area contributed by atoms with E-state index in [1.807, 2.05) is 0 Å². The van der Waals surface area contributed by atoms with E-state index >= 15 is 0 Å². The summed E-state index contributed by atoms with van der Waals surface area (Å²) < 4.78 is 97.9. The Morgan fingerprint density at radius 3 is 1.88 bits per heavy atom. The molecule has 0 saturated heterocycles. The second kappa shape index (κ2) is 10.3. The minimum Gasteiger partial charge on any atom is -0.399 e. The summed E-state index contributed by atoms with van der Waals surface area (Å²) in [7, 11) is 0. The van der Waals surface area contributed by atoms with E-state index in [9.17, 15) is 30.7 Å². The summed E-state index contributed by atoms with van der Waals surface area (Å²) in [6.07, 6.45) is 1.75. The molecule has 0 spiro atoms. The van der Waals surface area contributed by atoms with Crippen LogP contribution in [-0.4, -0.2) is 6.36 Å². The van der Waals surface area contributed by atoms with Crippen molar-refractivity contribution in [3.8, 4) is 16.9 Å². The molecule has 1 saturated carbocycles. The number of ether oxygens (including phenoxy) is 1. The number of hydrogen-bond acceptors (Lipinski definition) is 1. The van der Waals surface area contributed by atoms with Gasteiger partial charge in [-0.2, -0.15) is 0 Å². The van der Waals surface area contributed by atoms with Crippen molar-refractivity contribution >= 4 is 0 Å². The molecular weight excluding hydrogens is 449 g/mol. The van der Waals surface area contributed by atoms with E-state index in [0.29, 0.717) is 29.5 Å². The Balaban J connectivity index is 1.75. The van der Waals surface area contributed by atoms with Crippen molar-refractivity contribution in [3.63, 3.8) is 0 Å². The lowest BCUT2D eigenvalue weighted by Gasteiger charge is -2.29. The van der Waals surface area contributed by atoms with Crippen LogP contribution in [0.15, 0.2) is 24.3 Å². The van der Waals surface area contributed by atoms with Crippen molar-refractivity contribution in [3.05, 3.63) is 53.1 Å². The van der Waals surface area contributed by atoms with Crippen molar-refractivity contribution in [1.82, 2.24) is 0 Å². The molecule has 0 unspecified atom stereocenters. The average molecular weight is 476 g/mol. The number of alkyl halides is 3. The van der Waals surface area contributed by atoms with Gasteiger partial charge in [0.15, 0.2) is 11.6 Å². The third kappa shape index (κ3) is 6.64. The van der Waals surface area contributed by atoms with Gasteiger partial charge in [-0.15, -0.1) is 13.2 Å². The van der Waals surface area contributed by atoms with Crippen LogP contribution in [0.1, 0.15) is 70.3 Å². The monoisotopic (exact) mass is 476 g/mol. The zero-order valence-corrected chi connectivity index (χ0v) is 18.5. The minimum absolute atomic E-state index is 0.0135. The first-order chi connectivity index (χ1) is 15.4. The average Bonchev–Trinajstić information content (AvgIpc) is 2.70. The molecule has 1 nitrogen and oxygen atoms in total. The van der Waals surface area contributed by atoms with Crippen molar-refractivity contribution in [2.24, 2.45) is 11.8 Å². The molecule has 0 radical (unpaired) electrons. The Hall–Kier alpha value is -2.25. The first-order valence-corrected chi connectivity index (χ1v) is 11.2. The predicted molar refractivity (Wildman–Crippen MR) is 112 cm³/mol. The Morgan fingerprint density at radius 2 is 1.39 bits per heavy atom. The molecule has 2 aromatic carbocycles. The first kappa shape index (κ1) is 25.4. The Morgan fingerprint density at radius 1 is 0.848 bits per heavy atom. The summed E-state index contributed by atoms with van der Waals surface area (Å²) in [6.45, 7) is 4.38. The second-order valence-corrected chi connectivity index (χ2v) is 9.22. The number of hydrogen-bond donors (Lipinski definition) is 0. The lowest BCUT2D eigenvalue weighted by atomic mass is 9.76. The molecule has 0 atom stereocenters. The van der Waals surface area contributed by atoms with Crippen molar-refractivity contribution in [2.75, 3.05) is 0 Å². The second-order valence-electron chi connectivity index (χ2n) is 9.22. The first-order valence-electron chi connectivity index (χ1n) is 11.2. The number of benzene rings is 2. The maximum atomic E-state index is 14.8. The van der Waals surface area contributed by atoms with Crippen LogP contribution in [0.4, 0.5) is 30.7 Å². The van der Waals surface area contributed by atoms with Crippen molar-refractivity contribution in [1.29, 1.82) is 0 Å². The molecule has 1 aliphatic rings. The molecule has 2 aromatic rings. The minimum atomic E-state index is -5.31. The van der Waals surface area contributed by atoms with Crippen LogP contribution >= 0.6 is 0 Å². The topological polar surface area (TPSA) is 9.23 Å². The molecule has 3 rings (SSSR count). The van der Waals surface area contributed by atoms with Gasteiger partial charge in [0.25, 0.3) is 0 Å². The number of halogens is 7. The SMILES string of the molecule is CC(C)CCCC1CCC(c2cc(F)c(-c3cc(F)c(OC(F)(F)F)c(F)c3)c(F)c2)CC1. The van der Waals surface area contributed by atoms with Crippen molar-refractivity contribution < 1.29 is 35.5 Å². The van der Waals surface area contributed by atoms with Gasteiger partial charge in [0.2, 0.25) is 5.75 Å². The van der Waals surface area contributed by atoms with Gasteiger partial charge >= 0.3 is 6.36 Å². The van der Waals surface area contributed by atoms with E-state index in [-0.39, 0.29) is 5.92 Å². The van der Waals surface area contributed by atoms with Crippen LogP contribution in [0, 0.1) is 35.1 Å². The van der Waals surface area contributed by atoms with Crippen LogP contribution in [-0.2, 0) is 0 Å². The molecule has 1 fully saturated rings. The zero-order valence-electron chi connectivity index (χ0n) is 18.5. The zero-order chi connectivity index (χ0) is 24.3. The molecule has 0 aromatic heterocycles. The summed E-state index contributed by atoms with van der Waals surface area (Å²) in [5.74, 6) is -5.87. The quantitative estimate of drug-likeness (QED) is 0.363. The summed E-state index contributed by atoms with van der Waals surface area (Å²) in [6, 6.07) is 3.15. The van der Waals surface area contributed by atoms with E-state index < -0.39 is 46.5 Å². The van der Waals surface area contributed by atoms with Crippen LogP contribution in [0.2, 0.25) is 0 Å². The molecule has 0 heterocycles. The van der Waals surface area contributed by atoms with Gasteiger partial charge < -0.3 is 4.74 Å². The molecule has 182 valence electrons. The van der Waals surface area contributed by atoms with Gasteiger partial charge in [0, 0.05) is 0 Å². The van der Waals surface area contributed by atoms with Crippen LogP contribution in [0.5, 0.6) is 5.75 Å². The maximum Gasteiger partial charge on any atom is 0.573 e. The van der Waals surface area contributed by atoms with Gasteiger partial charge in [-0.05, 0) is 78.8 Å². The molecule has 0 amide bonds. The van der Waals surface area contributed by atoms with Gasteiger partial charge in [0.05, 0.1) is 5.56 Å². The largest absolute Gasteiger partial charge is 0.573 e. The smallest absolute Gasteiger partial charge is 0.399 e. The molecule has 0 aliphatic heterocycles. The highest BCUT2D eigenvalue weighted by molar-refractivity contribution is 5.66. The molecule has 1 aliphatic carbocycles. The Kier molecular flexibility index (Phi) is 7.96. The molecule has 0 N–H and O–H groups in total. The van der Waals surface area contributed by atoms with Gasteiger partial charge in [-0.1, -0.05) is 33.1 Å². The summed E-state index contributed by atoms with van der Waals surface area (Å²) in [5, 5.41) is 0. The van der Waals surface area contributed by atoms with Crippen molar-refractivity contribution in [2.45, 2.75) is 71.1 Å². The fourth-order valence-electron chi connectivity index (χ4n) is 4.62. The predicted octanol–water partition coefficient (Wildman–Crippen LogP) is 8.91. The lowest BCUT2D eigenvalue weighted by Crippen LogP contribution is -2.19. The summed E-state index contributed by atoms with van der Waals surface area (Å²) >= 11 is 0. The van der Waals surface area contributed by atoms with Crippen LogP contribution in [0.25, 0.3) is 11.1 Å². The molecule has 8 heteroatoms. The molecular formula is C25H27F7O. The van der Waals surface area contributed by atoms with E-state index in [4.69, 9.17) is 0 Å². The lowest BCUT2D eigenvalue weighted by molar-refractivity contribution is -0.276. The van der Waals surface area contributed by atoms with E-state index in [0.717, 1.165) is 44.2 Å².